The number of fused-ring (bicyclic) bond motifs is 3. The van der Waals surface area contributed by atoms with Crippen molar-refractivity contribution < 1.29 is 9.53 Å². The molecule has 3 aliphatic rings. The van der Waals surface area contributed by atoms with Gasteiger partial charge in [-0.15, -0.1) is 0 Å². The molecule has 8 heteroatoms. The van der Waals surface area contributed by atoms with Crippen LogP contribution in [0.1, 0.15) is 27.7 Å². The van der Waals surface area contributed by atoms with Gasteiger partial charge in [0.2, 0.25) is 0 Å². The number of ether oxygens (including phenoxy) is 1. The molecule has 1 aromatic carbocycles. The van der Waals surface area contributed by atoms with E-state index in [9.17, 15) is 4.79 Å². The Balaban J connectivity index is 1.57. The predicted molar refractivity (Wildman–Crippen MR) is 119 cm³/mol. The van der Waals surface area contributed by atoms with Crippen LogP contribution in [-0.4, -0.2) is 65.4 Å². The van der Waals surface area contributed by atoms with Crippen molar-refractivity contribution in [2.45, 2.75) is 39.3 Å². The number of carbonyl (C=O) groups is 1. The molecule has 4 rings (SSSR count). The number of halogens is 1. The molecule has 29 heavy (non-hydrogen) atoms. The maximum atomic E-state index is 12.4. The number of hydrogen-bond donors (Lipinski definition) is 0. The molecule has 0 saturated carbocycles. The van der Waals surface area contributed by atoms with Crippen LogP contribution < -0.4 is 4.90 Å². The van der Waals surface area contributed by atoms with Gasteiger partial charge in [-0.1, -0.05) is 15.9 Å². The maximum Gasteiger partial charge on any atom is 0.410 e. The number of amides is 1. The molecule has 0 spiro atoms. The van der Waals surface area contributed by atoms with E-state index < -0.39 is 5.60 Å². The van der Waals surface area contributed by atoms with Crippen LogP contribution in [0, 0.1) is 0 Å². The summed E-state index contributed by atoms with van der Waals surface area (Å²) in [6.45, 7) is 10.3. The van der Waals surface area contributed by atoms with E-state index in [1.807, 2.05) is 32.9 Å². The Morgan fingerprint density at radius 1 is 1.17 bits per heavy atom. The van der Waals surface area contributed by atoms with Gasteiger partial charge in [-0.25, -0.2) is 9.79 Å². The second-order valence-corrected chi connectivity index (χ2v) is 9.34. The lowest BCUT2D eigenvalue weighted by Gasteiger charge is -2.40. The van der Waals surface area contributed by atoms with Gasteiger partial charge in [-0.05, 0) is 52.0 Å². The summed E-state index contributed by atoms with van der Waals surface area (Å²) in [7, 11) is 0. The summed E-state index contributed by atoms with van der Waals surface area (Å²) in [6.07, 6.45) is 3.90. The smallest absolute Gasteiger partial charge is 0.410 e. The Labute approximate surface area is 179 Å². The molecule has 154 valence electrons. The number of rotatable bonds is 0. The molecule has 1 fully saturated rings. The van der Waals surface area contributed by atoms with Gasteiger partial charge in [0.15, 0.2) is 11.7 Å². The highest BCUT2D eigenvalue weighted by Crippen LogP contribution is 2.37. The molecular formula is C21H26BrN5O2. The van der Waals surface area contributed by atoms with Crippen LogP contribution in [0.4, 0.5) is 16.2 Å². The van der Waals surface area contributed by atoms with Gasteiger partial charge in [0.05, 0.1) is 17.4 Å². The van der Waals surface area contributed by atoms with Crippen molar-refractivity contribution in [3.8, 4) is 0 Å². The van der Waals surface area contributed by atoms with Crippen LogP contribution in [-0.2, 0) is 4.74 Å². The van der Waals surface area contributed by atoms with Crippen LogP contribution in [0.25, 0.3) is 0 Å². The summed E-state index contributed by atoms with van der Waals surface area (Å²) in [4.78, 5) is 28.2. The molecule has 1 amide bonds. The summed E-state index contributed by atoms with van der Waals surface area (Å²) in [5.41, 5.74) is 1.44. The highest BCUT2D eigenvalue weighted by atomic mass is 79.9. The first-order valence-electron chi connectivity index (χ1n) is 9.88. The fraction of sp³-hybridized carbons (Fsp3) is 0.476. The number of hydrogen-bond acceptors (Lipinski definition) is 6. The first-order chi connectivity index (χ1) is 13.7. The molecule has 0 N–H and O–H groups in total. The third-order valence-electron chi connectivity index (χ3n) is 4.92. The molecule has 1 atom stereocenters. The molecule has 0 aliphatic carbocycles. The normalized spacial score (nSPS) is 21.3. The zero-order chi connectivity index (χ0) is 20.8. The zero-order valence-corrected chi connectivity index (χ0v) is 18.8. The van der Waals surface area contributed by atoms with Crippen molar-refractivity contribution >= 4 is 45.1 Å². The topological polar surface area (TPSA) is 60.7 Å². The van der Waals surface area contributed by atoms with Gasteiger partial charge in [-0.3, -0.25) is 9.89 Å². The number of amidine groups is 2. The first kappa shape index (κ1) is 19.9. The Kier molecular flexibility index (Phi) is 5.14. The Bertz CT molecular complexity index is 910. The molecule has 1 aromatic rings. The largest absolute Gasteiger partial charge is 0.444 e. The minimum atomic E-state index is -0.487. The van der Waals surface area contributed by atoms with Crippen LogP contribution in [0.15, 0.2) is 44.9 Å². The van der Waals surface area contributed by atoms with E-state index in [0.717, 1.165) is 27.5 Å². The second-order valence-electron chi connectivity index (χ2n) is 8.43. The Hall–Kier alpha value is -2.35. The predicted octanol–water partition coefficient (Wildman–Crippen LogP) is 4.17. The van der Waals surface area contributed by atoms with E-state index in [4.69, 9.17) is 14.7 Å². The summed E-state index contributed by atoms with van der Waals surface area (Å²) < 4.78 is 6.51. The van der Waals surface area contributed by atoms with Gasteiger partial charge in [0, 0.05) is 36.9 Å². The SMILES string of the molecule is CC1C=CN2C(=N1)C(N1CCN(C(=O)OC(C)(C)C)CC1)=Nc1ccc(Br)cc12. The molecule has 0 bridgehead atoms. The molecule has 7 nitrogen and oxygen atoms in total. The highest BCUT2D eigenvalue weighted by Gasteiger charge is 2.34. The summed E-state index contributed by atoms with van der Waals surface area (Å²) in [5.74, 6) is 1.72. The van der Waals surface area contributed by atoms with Crippen LogP contribution >= 0.6 is 15.9 Å². The van der Waals surface area contributed by atoms with Crippen molar-refractivity contribution in [1.29, 1.82) is 0 Å². The van der Waals surface area contributed by atoms with Gasteiger partial charge in [0.25, 0.3) is 0 Å². The van der Waals surface area contributed by atoms with E-state index in [0.29, 0.717) is 26.2 Å². The summed E-state index contributed by atoms with van der Waals surface area (Å²) in [6, 6.07) is 6.17. The lowest BCUT2D eigenvalue weighted by molar-refractivity contribution is 0.0188. The molecule has 1 saturated heterocycles. The van der Waals surface area contributed by atoms with E-state index in [2.05, 4.69) is 51.0 Å². The minimum Gasteiger partial charge on any atom is -0.444 e. The van der Waals surface area contributed by atoms with Gasteiger partial charge in [-0.2, -0.15) is 0 Å². The number of piperazine rings is 1. The molecule has 3 heterocycles. The molecule has 1 unspecified atom stereocenters. The van der Waals surface area contributed by atoms with Gasteiger partial charge in [0.1, 0.15) is 5.60 Å². The first-order valence-corrected chi connectivity index (χ1v) is 10.7. The van der Waals surface area contributed by atoms with E-state index in [1.54, 1.807) is 4.90 Å². The number of aliphatic imine (C=N–C) groups is 2. The number of benzene rings is 1. The molecule has 3 aliphatic heterocycles. The lowest BCUT2D eigenvalue weighted by atomic mass is 10.1. The molecule has 0 radical (unpaired) electrons. The van der Waals surface area contributed by atoms with Crippen molar-refractivity contribution in [3.05, 3.63) is 34.9 Å². The Morgan fingerprint density at radius 2 is 1.90 bits per heavy atom. The van der Waals surface area contributed by atoms with Crippen LogP contribution in [0.3, 0.4) is 0 Å². The van der Waals surface area contributed by atoms with E-state index in [1.165, 1.54) is 0 Å². The van der Waals surface area contributed by atoms with Crippen molar-refractivity contribution in [2.75, 3.05) is 31.1 Å². The fourth-order valence-electron chi connectivity index (χ4n) is 3.53. The number of nitrogens with zero attached hydrogens (tertiary/aromatic N) is 5. The second kappa shape index (κ2) is 7.48. The van der Waals surface area contributed by atoms with Gasteiger partial charge >= 0.3 is 6.09 Å². The third-order valence-corrected chi connectivity index (χ3v) is 5.42. The standard InChI is InChI=1S/C21H26BrN5O2/c1-14-7-8-27-17-13-15(22)5-6-16(17)24-18(19(27)23-14)25-9-11-26(12-10-25)20(28)29-21(2,3)4/h5-8,13-14H,9-12H2,1-4H3. The van der Waals surface area contributed by atoms with Crippen molar-refractivity contribution in [1.82, 2.24) is 9.80 Å². The Morgan fingerprint density at radius 3 is 2.59 bits per heavy atom. The zero-order valence-electron chi connectivity index (χ0n) is 17.2. The van der Waals surface area contributed by atoms with Crippen LogP contribution in [0.2, 0.25) is 0 Å². The van der Waals surface area contributed by atoms with Gasteiger partial charge < -0.3 is 14.5 Å². The van der Waals surface area contributed by atoms with Crippen molar-refractivity contribution in [2.24, 2.45) is 9.98 Å². The summed E-state index contributed by atoms with van der Waals surface area (Å²) in [5, 5.41) is 0. The third kappa shape index (κ3) is 4.17. The van der Waals surface area contributed by atoms with E-state index in [-0.39, 0.29) is 12.1 Å². The molecule has 0 aromatic heterocycles. The number of carbonyl (C=O) groups excluding carboxylic acids is 1. The lowest BCUT2D eigenvalue weighted by Crippen LogP contribution is -2.55. The number of anilines is 1. The maximum absolute atomic E-state index is 12.4. The average molecular weight is 460 g/mol. The summed E-state index contributed by atoms with van der Waals surface area (Å²) >= 11 is 3.55. The van der Waals surface area contributed by atoms with Crippen molar-refractivity contribution in [3.63, 3.8) is 0 Å². The average Bonchev–Trinajstić information content (AvgIpc) is 2.66. The minimum absolute atomic E-state index is 0.100. The molecular weight excluding hydrogens is 434 g/mol. The van der Waals surface area contributed by atoms with E-state index >= 15 is 0 Å². The fourth-order valence-corrected chi connectivity index (χ4v) is 3.88. The monoisotopic (exact) mass is 459 g/mol. The highest BCUT2D eigenvalue weighted by molar-refractivity contribution is 9.10. The van der Waals surface area contributed by atoms with Crippen LogP contribution in [0.5, 0.6) is 0 Å². The quantitative estimate of drug-likeness (QED) is 0.583.